The number of hydrogen-bond acceptors (Lipinski definition) is 2. The van der Waals surface area contributed by atoms with Crippen LogP contribution in [0.3, 0.4) is 0 Å². The van der Waals surface area contributed by atoms with Gasteiger partial charge in [0, 0.05) is 0 Å². The van der Waals surface area contributed by atoms with Crippen LogP contribution in [0.1, 0.15) is 142 Å². The van der Waals surface area contributed by atoms with E-state index in [0.717, 1.165) is 49.4 Å². The summed E-state index contributed by atoms with van der Waals surface area (Å²) in [5.74, 6) is 3.12. The Bertz CT molecular complexity index is 445. The fraction of sp³-hybridized carbons (Fsp3) is 1.00. The Morgan fingerprint density at radius 3 is 1.35 bits per heavy atom. The fourth-order valence-corrected chi connectivity index (χ4v) is 8.30. The molecule has 0 aromatic heterocycles. The smallest absolute Gasteiger partial charge is 0.0543 e. The first-order valence-corrected chi connectivity index (χ1v) is 14.5. The monoisotopic (exact) mass is 434 g/mol. The molecule has 2 nitrogen and oxygen atoms in total. The van der Waals surface area contributed by atoms with Gasteiger partial charge in [-0.2, -0.15) is 0 Å². The Kier molecular flexibility index (Phi) is 10.7. The lowest BCUT2D eigenvalue weighted by atomic mass is 9.60. The number of fused-ring (bicyclic) bond motifs is 3. The zero-order valence-electron chi connectivity index (χ0n) is 21.0. The Hall–Kier alpha value is -0.0800. The molecule has 0 aliphatic heterocycles. The zero-order chi connectivity index (χ0) is 22.1. The summed E-state index contributed by atoms with van der Waals surface area (Å²) in [6, 6.07) is 0. The van der Waals surface area contributed by atoms with Gasteiger partial charge in [-0.15, -0.1) is 0 Å². The van der Waals surface area contributed by atoms with Crippen molar-refractivity contribution in [2.24, 2.45) is 29.1 Å². The van der Waals surface area contributed by atoms with Gasteiger partial charge in [0.1, 0.15) is 0 Å². The Labute approximate surface area is 194 Å². The molecule has 2 N–H and O–H groups in total. The number of aliphatic hydroxyl groups is 2. The lowest BCUT2D eigenvalue weighted by Crippen LogP contribution is -2.39. The van der Waals surface area contributed by atoms with Crippen LogP contribution in [0.4, 0.5) is 0 Å². The van der Waals surface area contributed by atoms with E-state index < -0.39 is 0 Å². The SMILES string of the molecule is CCCCCCCCC1(CCCCCCCC)C2CC(O)CCC2C2CCC(O)CC21. The second-order valence-electron chi connectivity index (χ2n) is 11.7. The molecule has 3 aliphatic carbocycles. The summed E-state index contributed by atoms with van der Waals surface area (Å²) < 4.78 is 0. The minimum absolute atomic E-state index is 0.0696. The van der Waals surface area contributed by atoms with Gasteiger partial charge in [0.25, 0.3) is 0 Å². The predicted molar refractivity (Wildman–Crippen MR) is 132 cm³/mol. The summed E-state index contributed by atoms with van der Waals surface area (Å²) >= 11 is 0. The molecule has 31 heavy (non-hydrogen) atoms. The van der Waals surface area contributed by atoms with Crippen molar-refractivity contribution < 1.29 is 10.2 Å². The van der Waals surface area contributed by atoms with Gasteiger partial charge in [-0.05, 0) is 80.5 Å². The second kappa shape index (κ2) is 13.0. The third-order valence-electron chi connectivity index (χ3n) is 9.77. The lowest BCUT2D eigenvalue weighted by Gasteiger charge is -2.46. The molecule has 0 heterocycles. The van der Waals surface area contributed by atoms with Gasteiger partial charge >= 0.3 is 0 Å². The van der Waals surface area contributed by atoms with Crippen LogP contribution in [-0.4, -0.2) is 22.4 Å². The van der Waals surface area contributed by atoms with E-state index in [1.54, 1.807) is 0 Å². The summed E-state index contributed by atoms with van der Waals surface area (Å²) in [6.07, 6.45) is 25.8. The highest BCUT2D eigenvalue weighted by Gasteiger charge is 2.60. The van der Waals surface area contributed by atoms with Gasteiger partial charge in [0.05, 0.1) is 12.2 Å². The number of hydrogen-bond donors (Lipinski definition) is 2. The van der Waals surface area contributed by atoms with Gasteiger partial charge in [-0.1, -0.05) is 90.9 Å². The Balaban J connectivity index is 1.70. The van der Waals surface area contributed by atoms with E-state index in [1.165, 1.54) is 103 Å². The molecule has 6 unspecified atom stereocenters. The van der Waals surface area contributed by atoms with Crippen molar-refractivity contribution in [1.29, 1.82) is 0 Å². The van der Waals surface area contributed by atoms with Gasteiger partial charge in [-0.3, -0.25) is 0 Å². The van der Waals surface area contributed by atoms with Gasteiger partial charge < -0.3 is 10.2 Å². The first kappa shape index (κ1) is 25.5. The quantitative estimate of drug-likeness (QED) is 0.271. The predicted octanol–water partition coefficient (Wildman–Crippen LogP) is 8.04. The van der Waals surface area contributed by atoms with Gasteiger partial charge in [0.2, 0.25) is 0 Å². The molecule has 3 aliphatic rings. The Morgan fingerprint density at radius 2 is 0.935 bits per heavy atom. The first-order chi connectivity index (χ1) is 15.1. The highest BCUT2D eigenvalue weighted by atomic mass is 16.3. The molecule has 6 atom stereocenters. The summed E-state index contributed by atoms with van der Waals surface area (Å²) in [7, 11) is 0. The van der Waals surface area contributed by atoms with Crippen molar-refractivity contribution in [3.8, 4) is 0 Å². The molecule has 0 bridgehead atoms. The molecule has 3 rings (SSSR count). The standard InChI is InChI=1S/C29H54O2/c1-3-5-7-9-11-13-19-29(20-14-12-10-8-6-4-2)27-21-23(30)15-17-25(27)26-18-16-24(31)22-28(26)29/h23-28,30-31H,3-22H2,1-2H3. The molecule has 0 spiro atoms. The summed E-state index contributed by atoms with van der Waals surface area (Å²) in [5.41, 5.74) is 0.410. The minimum atomic E-state index is -0.0696. The van der Waals surface area contributed by atoms with E-state index in [0.29, 0.717) is 5.41 Å². The van der Waals surface area contributed by atoms with E-state index in [4.69, 9.17) is 0 Å². The maximum Gasteiger partial charge on any atom is 0.0543 e. The molecule has 3 saturated carbocycles. The maximum absolute atomic E-state index is 10.7. The van der Waals surface area contributed by atoms with Crippen molar-refractivity contribution >= 4 is 0 Å². The summed E-state index contributed by atoms with van der Waals surface area (Å²) in [6.45, 7) is 4.61. The highest BCUT2D eigenvalue weighted by Crippen LogP contribution is 2.66. The van der Waals surface area contributed by atoms with Crippen molar-refractivity contribution in [3.05, 3.63) is 0 Å². The minimum Gasteiger partial charge on any atom is -0.393 e. The molecular weight excluding hydrogens is 380 g/mol. The third kappa shape index (κ3) is 6.50. The van der Waals surface area contributed by atoms with E-state index in [-0.39, 0.29) is 12.2 Å². The molecule has 0 amide bonds. The van der Waals surface area contributed by atoms with Crippen LogP contribution in [0.15, 0.2) is 0 Å². The van der Waals surface area contributed by atoms with Crippen molar-refractivity contribution in [2.75, 3.05) is 0 Å². The van der Waals surface area contributed by atoms with E-state index in [1.807, 2.05) is 0 Å². The third-order valence-corrected chi connectivity index (χ3v) is 9.77. The van der Waals surface area contributed by atoms with Crippen molar-refractivity contribution in [2.45, 2.75) is 154 Å². The largest absolute Gasteiger partial charge is 0.393 e. The normalized spacial score (nSPS) is 34.5. The fourth-order valence-electron chi connectivity index (χ4n) is 8.30. The number of aliphatic hydroxyl groups excluding tert-OH is 2. The van der Waals surface area contributed by atoms with Crippen LogP contribution in [0.25, 0.3) is 0 Å². The van der Waals surface area contributed by atoms with Crippen LogP contribution in [0, 0.1) is 29.1 Å². The first-order valence-electron chi connectivity index (χ1n) is 14.5. The average molecular weight is 435 g/mol. The maximum atomic E-state index is 10.7. The van der Waals surface area contributed by atoms with Crippen molar-refractivity contribution in [3.63, 3.8) is 0 Å². The summed E-state index contributed by atoms with van der Waals surface area (Å²) in [4.78, 5) is 0. The molecule has 0 saturated heterocycles. The molecule has 0 aromatic rings. The number of unbranched alkanes of at least 4 members (excludes halogenated alkanes) is 10. The highest BCUT2D eigenvalue weighted by molar-refractivity contribution is 5.09. The summed E-state index contributed by atoms with van der Waals surface area (Å²) in [5, 5.41) is 21.3. The second-order valence-corrected chi connectivity index (χ2v) is 11.7. The zero-order valence-corrected chi connectivity index (χ0v) is 21.0. The van der Waals surface area contributed by atoms with E-state index in [2.05, 4.69) is 13.8 Å². The number of rotatable bonds is 14. The molecule has 3 fully saturated rings. The van der Waals surface area contributed by atoms with Crippen LogP contribution >= 0.6 is 0 Å². The Morgan fingerprint density at radius 1 is 0.548 bits per heavy atom. The lowest BCUT2D eigenvalue weighted by molar-refractivity contribution is -0.00697. The van der Waals surface area contributed by atoms with Crippen LogP contribution < -0.4 is 0 Å². The molecular formula is C29H54O2. The van der Waals surface area contributed by atoms with Crippen LogP contribution in [-0.2, 0) is 0 Å². The van der Waals surface area contributed by atoms with E-state index in [9.17, 15) is 10.2 Å². The average Bonchev–Trinajstić information content (AvgIpc) is 3.02. The van der Waals surface area contributed by atoms with Gasteiger partial charge in [-0.25, -0.2) is 0 Å². The van der Waals surface area contributed by atoms with Gasteiger partial charge in [0.15, 0.2) is 0 Å². The van der Waals surface area contributed by atoms with E-state index >= 15 is 0 Å². The molecule has 2 heteroatoms. The van der Waals surface area contributed by atoms with Crippen LogP contribution in [0.2, 0.25) is 0 Å². The molecule has 0 radical (unpaired) electrons. The molecule has 182 valence electrons. The molecule has 0 aromatic carbocycles. The van der Waals surface area contributed by atoms with Crippen molar-refractivity contribution in [1.82, 2.24) is 0 Å². The topological polar surface area (TPSA) is 40.5 Å². The van der Waals surface area contributed by atoms with Crippen LogP contribution in [0.5, 0.6) is 0 Å².